The first-order chi connectivity index (χ1) is 8.43. The second-order valence-electron chi connectivity index (χ2n) is 5.81. The smallest absolute Gasteiger partial charge is 0.229 e. The summed E-state index contributed by atoms with van der Waals surface area (Å²) in [5.41, 5.74) is -0.778. The molecule has 1 saturated heterocycles. The third kappa shape index (κ3) is 1.82. The lowest BCUT2D eigenvalue weighted by molar-refractivity contribution is -0.135. The Morgan fingerprint density at radius 3 is 2.39 bits per heavy atom. The van der Waals surface area contributed by atoms with E-state index in [4.69, 9.17) is 0 Å². The summed E-state index contributed by atoms with van der Waals surface area (Å²) in [6.45, 7) is 7.59. The van der Waals surface area contributed by atoms with E-state index >= 15 is 0 Å². The van der Waals surface area contributed by atoms with Crippen LogP contribution < -0.4 is 0 Å². The van der Waals surface area contributed by atoms with Gasteiger partial charge in [-0.2, -0.15) is 0 Å². The monoisotopic (exact) mass is 247 g/mol. The summed E-state index contributed by atoms with van der Waals surface area (Å²) in [5.74, 6) is 0.204. The standard InChI is InChI=1S/C15H21NO2/c1-4-5-10-16-11-15(14(2,3)13(16)18)8-6-12(17)7-9-15/h6-9H,4-5,10-11H2,1-3H3. The molecule has 1 spiro atoms. The molecule has 0 radical (unpaired) electrons. The summed E-state index contributed by atoms with van der Waals surface area (Å²) in [7, 11) is 0. The summed E-state index contributed by atoms with van der Waals surface area (Å²) in [6, 6.07) is 0. The minimum atomic E-state index is -0.464. The van der Waals surface area contributed by atoms with E-state index < -0.39 is 5.41 Å². The van der Waals surface area contributed by atoms with Gasteiger partial charge in [-0.15, -0.1) is 0 Å². The van der Waals surface area contributed by atoms with Crippen LogP contribution in [0.5, 0.6) is 0 Å². The predicted molar refractivity (Wildman–Crippen MR) is 71.0 cm³/mol. The summed E-state index contributed by atoms with van der Waals surface area (Å²) in [5, 5.41) is 0. The van der Waals surface area contributed by atoms with E-state index in [1.165, 1.54) is 0 Å². The molecule has 2 rings (SSSR count). The van der Waals surface area contributed by atoms with Gasteiger partial charge in [0.05, 0.1) is 5.41 Å². The van der Waals surface area contributed by atoms with Gasteiger partial charge in [-0.25, -0.2) is 0 Å². The van der Waals surface area contributed by atoms with Crippen LogP contribution in [0.3, 0.4) is 0 Å². The summed E-state index contributed by atoms with van der Waals surface area (Å²) >= 11 is 0. The molecule has 0 aromatic carbocycles. The Hall–Kier alpha value is -1.38. The number of ketones is 1. The zero-order valence-corrected chi connectivity index (χ0v) is 11.4. The fraction of sp³-hybridized carbons (Fsp3) is 0.600. The molecular formula is C15H21NO2. The van der Waals surface area contributed by atoms with E-state index in [-0.39, 0.29) is 17.1 Å². The molecule has 1 fully saturated rings. The molecule has 1 amide bonds. The van der Waals surface area contributed by atoms with Crippen molar-refractivity contribution >= 4 is 11.7 Å². The quantitative estimate of drug-likeness (QED) is 0.767. The lowest BCUT2D eigenvalue weighted by Gasteiger charge is -2.34. The number of nitrogens with zero attached hydrogens (tertiary/aromatic N) is 1. The Bertz CT molecular complexity index is 416. The van der Waals surface area contributed by atoms with Crippen LogP contribution in [-0.4, -0.2) is 29.7 Å². The number of amides is 1. The Labute approximate surface area is 109 Å². The van der Waals surface area contributed by atoms with E-state index in [9.17, 15) is 9.59 Å². The Kier molecular flexibility index (Phi) is 3.18. The third-order valence-electron chi connectivity index (χ3n) is 4.31. The predicted octanol–water partition coefficient (Wildman–Crippen LogP) is 2.34. The number of hydrogen-bond donors (Lipinski definition) is 0. The van der Waals surface area contributed by atoms with E-state index in [1.807, 2.05) is 30.9 Å². The van der Waals surface area contributed by atoms with Crippen molar-refractivity contribution in [3.05, 3.63) is 24.3 Å². The van der Waals surface area contributed by atoms with Crippen molar-refractivity contribution in [3.63, 3.8) is 0 Å². The molecule has 98 valence electrons. The van der Waals surface area contributed by atoms with Crippen LogP contribution in [0, 0.1) is 10.8 Å². The molecule has 1 aliphatic carbocycles. The van der Waals surface area contributed by atoms with Crippen molar-refractivity contribution in [2.75, 3.05) is 13.1 Å². The average molecular weight is 247 g/mol. The summed E-state index contributed by atoms with van der Waals surface area (Å²) in [4.78, 5) is 25.7. The van der Waals surface area contributed by atoms with Crippen molar-refractivity contribution < 1.29 is 9.59 Å². The number of hydrogen-bond acceptors (Lipinski definition) is 2. The van der Waals surface area contributed by atoms with Crippen molar-refractivity contribution in [1.82, 2.24) is 4.90 Å². The number of rotatable bonds is 3. The van der Waals surface area contributed by atoms with Crippen molar-refractivity contribution in [2.24, 2.45) is 10.8 Å². The van der Waals surface area contributed by atoms with Crippen molar-refractivity contribution in [1.29, 1.82) is 0 Å². The molecule has 2 aliphatic rings. The highest BCUT2D eigenvalue weighted by atomic mass is 16.2. The van der Waals surface area contributed by atoms with Gasteiger partial charge in [0, 0.05) is 18.5 Å². The second-order valence-corrected chi connectivity index (χ2v) is 5.81. The molecular weight excluding hydrogens is 226 g/mol. The topological polar surface area (TPSA) is 37.4 Å². The lowest BCUT2D eigenvalue weighted by Crippen LogP contribution is -2.37. The van der Waals surface area contributed by atoms with Gasteiger partial charge in [-0.05, 0) is 32.4 Å². The van der Waals surface area contributed by atoms with Crippen LogP contribution in [-0.2, 0) is 9.59 Å². The molecule has 0 atom stereocenters. The minimum Gasteiger partial charge on any atom is -0.341 e. The van der Waals surface area contributed by atoms with Gasteiger partial charge in [0.1, 0.15) is 0 Å². The maximum atomic E-state index is 12.5. The Balaban J connectivity index is 2.28. The fourth-order valence-corrected chi connectivity index (χ4v) is 2.80. The van der Waals surface area contributed by atoms with E-state index in [2.05, 4.69) is 6.92 Å². The molecule has 0 bridgehead atoms. The highest BCUT2D eigenvalue weighted by Crippen LogP contribution is 2.50. The van der Waals surface area contributed by atoms with E-state index in [1.54, 1.807) is 12.2 Å². The molecule has 18 heavy (non-hydrogen) atoms. The maximum Gasteiger partial charge on any atom is 0.229 e. The van der Waals surface area contributed by atoms with E-state index in [0.29, 0.717) is 6.54 Å². The molecule has 0 unspecified atom stereocenters. The number of carbonyl (C=O) groups is 2. The molecule has 0 saturated carbocycles. The number of likely N-dealkylation sites (tertiary alicyclic amines) is 1. The lowest BCUT2D eigenvalue weighted by atomic mass is 9.66. The molecule has 0 aromatic heterocycles. The Morgan fingerprint density at radius 1 is 1.22 bits per heavy atom. The maximum absolute atomic E-state index is 12.5. The fourth-order valence-electron chi connectivity index (χ4n) is 2.80. The zero-order chi connectivity index (χ0) is 13.4. The van der Waals surface area contributed by atoms with Crippen LogP contribution in [0.15, 0.2) is 24.3 Å². The summed E-state index contributed by atoms with van der Waals surface area (Å²) < 4.78 is 0. The first-order valence-electron chi connectivity index (χ1n) is 6.65. The largest absolute Gasteiger partial charge is 0.341 e. The van der Waals surface area contributed by atoms with E-state index in [0.717, 1.165) is 19.4 Å². The number of allylic oxidation sites excluding steroid dienone is 2. The Morgan fingerprint density at radius 2 is 1.83 bits per heavy atom. The highest BCUT2D eigenvalue weighted by Gasteiger charge is 2.55. The third-order valence-corrected chi connectivity index (χ3v) is 4.31. The van der Waals surface area contributed by atoms with Gasteiger partial charge in [0.15, 0.2) is 5.78 Å². The van der Waals surface area contributed by atoms with Gasteiger partial charge < -0.3 is 4.90 Å². The first-order valence-corrected chi connectivity index (χ1v) is 6.65. The summed E-state index contributed by atoms with van der Waals surface area (Å²) in [6.07, 6.45) is 9.14. The first kappa shape index (κ1) is 13.1. The zero-order valence-electron chi connectivity index (χ0n) is 11.4. The van der Waals surface area contributed by atoms with Crippen LogP contribution in [0.4, 0.5) is 0 Å². The number of unbranched alkanes of at least 4 members (excludes halogenated alkanes) is 1. The van der Waals surface area contributed by atoms with Crippen LogP contribution in [0.2, 0.25) is 0 Å². The molecule has 0 N–H and O–H groups in total. The normalized spacial score (nSPS) is 24.3. The number of carbonyl (C=O) groups excluding carboxylic acids is 2. The average Bonchev–Trinajstić information content (AvgIpc) is 2.52. The van der Waals surface area contributed by atoms with Gasteiger partial charge in [0.2, 0.25) is 5.91 Å². The molecule has 3 nitrogen and oxygen atoms in total. The van der Waals surface area contributed by atoms with Gasteiger partial charge in [-0.1, -0.05) is 25.5 Å². The van der Waals surface area contributed by atoms with Crippen molar-refractivity contribution in [3.8, 4) is 0 Å². The van der Waals surface area contributed by atoms with Gasteiger partial charge >= 0.3 is 0 Å². The highest BCUT2D eigenvalue weighted by molar-refractivity contribution is 6.01. The van der Waals surface area contributed by atoms with Crippen molar-refractivity contribution in [2.45, 2.75) is 33.6 Å². The van der Waals surface area contributed by atoms with Crippen LogP contribution >= 0.6 is 0 Å². The van der Waals surface area contributed by atoms with Gasteiger partial charge in [0.25, 0.3) is 0 Å². The minimum absolute atomic E-state index is 0.0101. The SMILES string of the molecule is CCCCN1CC2(C=CC(=O)C=C2)C(C)(C)C1=O. The molecule has 1 heterocycles. The second kappa shape index (κ2) is 4.38. The van der Waals surface area contributed by atoms with Crippen LogP contribution in [0.25, 0.3) is 0 Å². The van der Waals surface area contributed by atoms with Crippen LogP contribution in [0.1, 0.15) is 33.6 Å². The van der Waals surface area contributed by atoms with Gasteiger partial charge in [-0.3, -0.25) is 9.59 Å². The molecule has 0 aromatic rings. The molecule has 1 aliphatic heterocycles. The molecule has 3 heteroatoms.